The van der Waals surface area contributed by atoms with Crippen molar-refractivity contribution in [2.75, 3.05) is 14.2 Å². The Morgan fingerprint density at radius 3 is 2.57 bits per heavy atom. The van der Waals surface area contributed by atoms with Crippen molar-refractivity contribution < 1.29 is 9.47 Å². The summed E-state index contributed by atoms with van der Waals surface area (Å²) in [7, 11) is 3.33. The van der Waals surface area contributed by atoms with Crippen molar-refractivity contribution in [2.24, 2.45) is 0 Å². The lowest BCUT2D eigenvalue weighted by molar-refractivity contribution is 0.415. The van der Waals surface area contributed by atoms with Gasteiger partial charge in [-0.05, 0) is 30.3 Å². The maximum absolute atomic E-state index is 5.55. The maximum Gasteiger partial charge on any atom is 0.178 e. The number of rotatable bonds is 3. The Kier molecular flexibility index (Phi) is 3.12. The van der Waals surface area contributed by atoms with Gasteiger partial charge in [-0.25, -0.2) is 9.97 Å². The van der Waals surface area contributed by atoms with Gasteiger partial charge < -0.3 is 14.5 Å². The molecule has 0 aliphatic rings. The first-order valence-corrected chi connectivity index (χ1v) is 7.26. The zero-order chi connectivity index (χ0) is 15.8. The molecule has 114 valence electrons. The van der Waals surface area contributed by atoms with E-state index < -0.39 is 0 Å². The summed E-state index contributed by atoms with van der Waals surface area (Å²) in [4.78, 5) is 12.1. The van der Waals surface area contributed by atoms with E-state index in [9.17, 15) is 0 Å². The summed E-state index contributed by atoms with van der Waals surface area (Å²) in [5.41, 5.74) is 2.53. The lowest BCUT2D eigenvalue weighted by atomic mass is 10.0. The first-order chi connectivity index (χ1) is 11.3. The van der Waals surface area contributed by atoms with E-state index in [1.807, 2.05) is 36.4 Å². The van der Waals surface area contributed by atoms with E-state index in [4.69, 9.17) is 9.47 Å². The van der Waals surface area contributed by atoms with Gasteiger partial charge in [-0.15, -0.1) is 0 Å². The van der Waals surface area contributed by atoms with Crippen molar-refractivity contribution >= 4 is 21.9 Å². The Labute approximate surface area is 132 Å². The summed E-state index contributed by atoms with van der Waals surface area (Å²) < 4.78 is 11.0. The molecule has 0 fully saturated rings. The van der Waals surface area contributed by atoms with E-state index >= 15 is 0 Å². The molecule has 2 aromatic heterocycles. The van der Waals surface area contributed by atoms with Crippen LogP contribution in [0.2, 0.25) is 0 Å². The Morgan fingerprint density at radius 2 is 1.78 bits per heavy atom. The van der Waals surface area contributed by atoms with Crippen molar-refractivity contribution in [1.29, 1.82) is 0 Å². The number of H-pyrrole nitrogens is 1. The van der Waals surface area contributed by atoms with Gasteiger partial charge in [0.05, 0.1) is 19.7 Å². The fraction of sp³-hybridized carbons (Fsp3) is 0.111. The molecule has 2 aromatic carbocycles. The van der Waals surface area contributed by atoms with Crippen LogP contribution in [0.4, 0.5) is 0 Å². The minimum Gasteiger partial charge on any atom is -0.496 e. The first kappa shape index (κ1) is 13.6. The molecule has 0 aliphatic carbocycles. The van der Waals surface area contributed by atoms with E-state index in [2.05, 4.69) is 21.0 Å². The van der Waals surface area contributed by atoms with Gasteiger partial charge in [-0.2, -0.15) is 0 Å². The number of nitrogens with one attached hydrogen (secondary N) is 1. The van der Waals surface area contributed by atoms with E-state index in [1.54, 1.807) is 20.4 Å². The number of ether oxygens (including phenoxy) is 2. The van der Waals surface area contributed by atoms with Gasteiger partial charge in [0.25, 0.3) is 0 Å². The summed E-state index contributed by atoms with van der Waals surface area (Å²) >= 11 is 0. The van der Waals surface area contributed by atoms with Crippen LogP contribution in [0.5, 0.6) is 11.5 Å². The summed E-state index contributed by atoms with van der Waals surface area (Å²) in [6.07, 6.45) is 1.73. The highest BCUT2D eigenvalue weighted by molar-refractivity contribution is 5.96. The van der Waals surface area contributed by atoms with Crippen LogP contribution in [0, 0.1) is 0 Å². The van der Waals surface area contributed by atoms with Gasteiger partial charge in [-0.3, -0.25) is 0 Å². The second-order valence-electron chi connectivity index (χ2n) is 5.19. The molecule has 0 saturated carbocycles. The molecule has 0 atom stereocenters. The number of aromatic nitrogens is 3. The normalized spacial score (nSPS) is 11.0. The molecule has 23 heavy (non-hydrogen) atoms. The fourth-order valence-electron chi connectivity index (χ4n) is 2.79. The van der Waals surface area contributed by atoms with Crippen LogP contribution < -0.4 is 9.47 Å². The molecular weight excluding hydrogens is 290 g/mol. The van der Waals surface area contributed by atoms with E-state index in [0.717, 1.165) is 39.2 Å². The highest BCUT2D eigenvalue weighted by atomic mass is 16.5. The largest absolute Gasteiger partial charge is 0.496 e. The highest BCUT2D eigenvalue weighted by Gasteiger charge is 2.12. The molecule has 5 heteroatoms. The lowest BCUT2D eigenvalue weighted by Crippen LogP contribution is -1.91. The summed E-state index contributed by atoms with van der Waals surface area (Å²) in [5, 5.41) is 1.99. The summed E-state index contributed by atoms with van der Waals surface area (Å²) in [6, 6.07) is 13.8. The number of fused-ring (bicyclic) bond motifs is 2. The van der Waals surface area contributed by atoms with E-state index in [-0.39, 0.29) is 0 Å². The Morgan fingerprint density at radius 1 is 0.913 bits per heavy atom. The van der Waals surface area contributed by atoms with E-state index in [0.29, 0.717) is 5.65 Å². The van der Waals surface area contributed by atoms with Crippen LogP contribution >= 0.6 is 0 Å². The number of nitrogens with zero attached hydrogens (tertiary/aromatic N) is 2. The van der Waals surface area contributed by atoms with Gasteiger partial charge in [0.1, 0.15) is 17.3 Å². The number of aromatic amines is 1. The van der Waals surface area contributed by atoms with Crippen LogP contribution in [0.3, 0.4) is 0 Å². The molecular formula is C18H15N3O2. The SMILES string of the molecule is COc1cc(-c2nc3ncccc3[nH]2)cc2c(OC)cccc12. The number of hydrogen-bond acceptors (Lipinski definition) is 4. The first-order valence-electron chi connectivity index (χ1n) is 7.26. The average Bonchev–Trinajstić information content (AvgIpc) is 3.04. The standard InChI is InChI=1S/C18H15N3O2/c1-22-15-7-3-5-12-13(15)9-11(10-16(12)23-2)17-20-14-6-4-8-19-18(14)21-17/h3-10H,1-2H3,(H,19,20,21). The molecule has 4 aromatic rings. The molecule has 0 radical (unpaired) electrons. The molecule has 0 unspecified atom stereocenters. The highest BCUT2D eigenvalue weighted by Crippen LogP contribution is 2.36. The van der Waals surface area contributed by atoms with Gasteiger partial charge in [0, 0.05) is 22.5 Å². The molecule has 0 spiro atoms. The van der Waals surface area contributed by atoms with Crippen LogP contribution in [0.1, 0.15) is 0 Å². The number of imidazole rings is 1. The predicted octanol–water partition coefficient (Wildman–Crippen LogP) is 3.80. The number of pyridine rings is 1. The van der Waals surface area contributed by atoms with E-state index in [1.165, 1.54) is 0 Å². The molecule has 0 amide bonds. The van der Waals surface area contributed by atoms with Crippen molar-refractivity contribution in [2.45, 2.75) is 0 Å². The molecule has 0 bridgehead atoms. The molecule has 5 nitrogen and oxygen atoms in total. The minimum atomic E-state index is 0.696. The summed E-state index contributed by atoms with van der Waals surface area (Å²) in [5.74, 6) is 2.34. The number of methoxy groups -OCH3 is 2. The third-order valence-electron chi connectivity index (χ3n) is 3.89. The van der Waals surface area contributed by atoms with Gasteiger partial charge >= 0.3 is 0 Å². The molecule has 1 N–H and O–H groups in total. The van der Waals surface area contributed by atoms with Crippen LogP contribution in [0.15, 0.2) is 48.7 Å². The smallest absolute Gasteiger partial charge is 0.178 e. The van der Waals surface area contributed by atoms with Crippen molar-refractivity contribution in [1.82, 2.24) is 15.0 Å². The Bertz CT molecular complexity index is 975. The van der Waals surface area contributed by atoms with Gasteiger partial charge in [0.2, 0.25) is 0 Å². The molecule has 4 rings (SSSR count). The predicted molar refractivity (Wildman–Crippen MR) is 89.9 cm³/mol. The van der Waals surface area contributed by atoms with Crippen molar-refractivity contribution in [3.05, 3.63) is 48.7 Å². The van der Waals surface area contributed by atoms with Gasteiger partial charge in [-0.1, -0.05) is 12.1 Å². The summed E-state index contributed by atoms with van der Waals surface area (Å²) in [6.45, 7) is 0. The van der Waals surface area contributed by atoms with Crippen molar-refractivity contribution in [3.63, 3.8) is 0 Å². The quantitative estimate of drug-likeness (QED) is 0.625. The zero-order valence-electron chi connectivity index (χ0n) is 12.8. The number of benzene rings is 2. The monoisotopic (exact) mass is 305 g/mol. The average molecular weight is 305 g/mol. The number of hydrogen-bond donors (Lipinski definition) is 1. The second kappa shape index (κ2) is 5.28. The topological polar surface area (TPSA) is 60.0 Å². The third-order valence-corrected chi connectivity index (χ3v) is 3.89. The van der Waals surface area contributed by atoms with Gasteiger partial charge in [0.15, 0.2) is 5.65 Å². The fourth-order valence-corrected chi connectivity index (χ4v) is 2.79. The third kappa shape index (κ3) is 2.17. The second-order valence-corrected chi connectivity index (χ2v) is 5.19. The van der Waals surface area contributed by atoms with Crippen LogP contribution in [-0.4, -0.2) is 29.2 Å². The Hall–Kier alpha value is -3.08. The molecule has 0 saturated heterocycles. The van der Waals surface area contributed by atoms with Crippen LogP contribution in [0.25, 0.3) is 33.3 Å². The molecule has 0 aliphatic heterocycles. The zero-order valence-corrected chi connectivity index (χ0v) is 12.8. The van der Waals surface area contributed by atoms with Crippen molar-refractivity contribution in [3.8, 4) is 22.9 Å². The van der Waals surface area contributed by atoms with Crippen LogP contribution in [-0.2, 0) is 0 Å². The Balaban J connectivity index is 1.99. The molecule has 2 heterocycles. The maximum atomic E-state index is 5.55. The lowest BCUT2D eigenvalue weighted by Gasteiger charge is -2.11. The minimum absolute atomic E-state index is 0.696.